The van der Waals surface area contributed by atoms with Gasteiger partial charge in [0.05, 0.1) is 6.04 Å². The molecule has 108 valence electrons. The van der Waals surface area contributed by atoms with Crippen molar-refractivity contribution in [2.75, 3.05) is 13.1 Å². The van der Waals surface area contributed by atoms with Crippen molar-refractivity contribution < 1.29 is 4.42 Å². The van der Waals surface area contributed by atoms with Crippen molar-refractivity contribution in [1.29, 1.82) is 0 Å². The molecule has 0 spiro atoms. The maximum absolute atomic E-state index is 5.83. The molecule has 1 aliphatic rings. The van der Waals surface area contributed by atoms with Gasteiger partial charge in [0.1, 0.15) is 11.5 Å². The van der Waals surface area contributed by atoms with Gasteiger partial charge in [0.15, 0.2) is 0 Å². The molecular formula is C16H28N2O. The number of hydrogen-bond acceptors (Lipinski definition) is 3. The Hall–Kier alpha value is -0.800. The van der Waals surface area contributed by atoms with Crippen LogP contribution in [0.2, 0.25) is 0 Å². The van der Waals surface area contributed by atoms with Gasteiger partial charge in [-0.05, 0) is 38.3 Å². The van der Waals surface area contributed by atoms with Gasteiger partial charge in [-0.3, -0.25) is 4.90 Å². The van der Waals surface area contributed by atoms with Gasteiger partial charge in [0.2, 0.25) is 0 Å². The molecule has 0 radical (unpaired) electrons. The molecule has 2 rings (SSSR count). The molecule has 1 fully saturated rings. The Bertz CT molecular complexity index is 399. The van der Waals surface area contributed by atoms with Gasteiger partial charge < -0.3 is 9.73 Å². The Morgan fingerprint density at radius 1 is 1.37 bits per heavy atom. The zero-order chi connectivity index (χ0) is 14.0. The normalized spacial score (nSPS) is 26.8. The van der Waals surface area contributed by atoms with Crippen LogP contribution in [0, 0.1) is 12.8 Å². The molecule has 1 aromatic rings. The summed E-state index contributed by atoms with van der Waals surface area (Å²) in [6, 6.07) is 5.74. The van der Waals surface area contributed by atoms with Crippen LogP contribution in [0.25, 0.3) is 0 Å². The van der Waals surface area contributed by atoms with Crippen molar-refractivity contribution in [3.8, 4) is 0 Å². The van der Waals surface area contributed by atoms with E-state index in [0.717, 1.165) is 24.6 Å². The topological polar surface area (TPSA) is 28.4 Å². The number of nitrogens with zero attached hydrogens (tertiary/aromatic N) is 1. The highest BCUT2D eigenvalue weighted by atomic mass is 16.3. The minimum atomic E-state index is 0.359. The monoisotopic (exact) mass is 264 g/mol. The molecule has 1 N–H and O–H groups in total. The molecule has 1 aromatic heterocycles. The van der Waals surface area contributed by atoms with Crippen LogP contribution in [-0.4, -0.2) is 30.1 Å². The van der Waals surface area contributed by atoms with E-state index in [9.17, 15) is 0 Å². The lowest BCUT2D eigenvalue weighted by atomic mass is 9.95. The predicted molar refractivity (Wildman–Crippen MR) is 79.3 cm³/mol. The summed E-state index contributed by atoms with van der Waals surface area (Å²) >= 11 is 0. The molecule has 3 heteroatoms. The summed E-state index contributed by atoms with van der Waals surface area (Å²) < 4.78 is 5.83. The quantitative estimate of drug-likeness (QED) is 0.904. The van der Waals surface area contributed by atoms with Crippen molar-refractivity contribution in [3.05, 3.63) is 23.7 Å². The number of furan rings is 1. The van der Waals surface area contributed by atoms with E-state index in [0.29, 0.717) is 24.0 Å². The van der Waals surface area contributed by atoms with Crippen molar-refractivity contribution in [1.82, 2.24) is 10.2 Å². The van der Waals surface area contributed by atoms with Crippen molar-refractivity contribution in [3.63, 3.8) is 0 Å². The molecule has 3 atom stereocenters. The Morgan fingerprint density at radius 2 is 2.11 bits per heavy atom. The smallest absolute Gasteiger partial charge is 0.121 e. The minimum absolute atomic E-state index is 0.359. The molecule has 0 aromatic carbocycles. The number of piperazine rings is 1. The summed E-state index contributed by atoms with van der Waals surface area (Å²) in [4.78, 5) is 2.62. The zero-order valence-corrected chi connectivity index (χ0v) is 12.9. The van der Waals surface area contributed by atoms with E-state index in [1.165, 1.54) is 6.42 Å². The average Bonchev–Trinajstić information content (AvgIpc) is 2.83. The van der Waals surface area contributed by atoms with Crippen LogP contribution in [0.4, 0.5) is 0 Å². The first-order valence-corrected chi connectivity index (χ1v) is 7.58. The van der Waals surface area contributed by atoms with E-state index in [1.54, 1.807) is 0 Å². The molecule has 1 saturated heterocycles. The van der Waals surface area contributed by atoms with Gasteiger partial charge in [0, 0.05) is 25.2 Å². The molecular weight excluding hydrogens is 236 g/mol. The van der Waals surface area contributed by atoms with E-state index in [-0.39, 0.29) is 0 Å². The van der Waals surface area contributed by atoms with Gasteiger partial charge >= 0.3 is 0 Å². The average molecular weight is 264 g/mol. The van der Waals surface area contributed by atoms with Crippen molar-refractivity contribution in [2.24, 2.45) is 5.92 Å². The minimum Gasteiger partial charge on any atom is -0.465 e. The summed E-state index contributed by atoms with van der Waals surface area (Å²) in [5, 5.41) is 3.67. The summed E-state index contributed by atoms with van der Waals surface area (Å²) in [6.07, 6.45) is 1.19. The molecule has 0 saturated carbocycles. The third kappa shape index (κ3) is 3.21. The molecule has 2 heterocycles. The van der Waals surface area contributed by atoms with Gasteiger partial charge in [-0.15, -0.1) is 0 Å². The number of hydrogen-bond donors (Lipinski definition) is 1. The van der Waals surface area contributed by atoms with Crippen LogP contribution in [0.15, 0.2) is 16.5 Å². The predicted octanol–water partition coefficient (Wildman–Crippen LogP) is 3.36. The summed E-state index contributed by atoms with van der Waals surface area (Å²) in [6.45, 7) is 13.4. The highest BCUT2D eigenvalue weighted by molar-refractivity contribution is 5.10. The highest BCUT2D eigenvalue weighted by Gasteiger charge is 2.33. The van der Waals surface area contributed by atoms with Crippen LogP contribution >= 0.6 is 0 Å². The SMILES string of the molecule is CCC1CN(C(C)c2ccc(C)o2)C(C(C)C)CN1. The standard InChI is InChI=1S/C16H28N2O/c1-6-14-10-18(15(9-17-14)11(2)3)13(5)16-8-7-12(4)19-16/h7-8,11,13-15,17H,6,9-10H2,1-5H3. The number of rotatable bonds is 4. The maximum Gasteiger partial charge on any atom is 0.121 e. The van der Waals surface area contributed by atoms with E-state index in [4.69, 9.17) is 4.42 Å². The second-order valence-electron chi connectivity index (χ2n) is 6.15. The van der Waals surface area contributed by atoms with E-state index in [2.05, 4.69) is 50.0 Å². The van der Waals surface area contributed by atoms with Gasteiger partial charge in [-0.1, -0.05) is 20.8 Å². The van der Waals surface area contributed by atoms with Crippen LogP contribution in [-0.2, 0) is 0 Å². The first-order valence-electron chi connectivity index (χ1n) is 7.58. The Kier molecular flexibility index (Phi) is 4.69. The van der Waals surface area contributed by atoms with Crippen LogP contribution < -0.4 is 5.32 Å². The molecule has 0 aliphatic carbocycles. The Labute approximate surface area is 117 Å². The second kappa shape index (κ2) is 6.10. The van der Waals surface area contributed by atoms with Gasteiger partial charge in [0.25, 0.3) is 0 Å². The Balaban J connectivity index is 2.16. The summed E-state index contributed by atoms with van der Waals surface area (Å²) in [5.41, 5.74) is 0. The molecule has 1 aliphatic heterocycles. The van der Waals surface area contributed by atoms with Crippen LogP contribution in [0.3, 0.4) is 0 Å². The fourth-order valence-electron chi connectivity index (χ4n) is 3.04. The molecule has 0 bridgehead atoms. The van der Waals surface area contributed by atoms with Crippen LogP contribution in [0.1, 0.15) is 51.7 Å². The molecule has 19 heavy (non-hydrogen) atoms. The largest absolute Gasteiger partial charge is 0.465 e. The summed E-state index contributed by atoms with van der Waals surface area (Å²) in [7, 11) is 0. The lowest BCUT2D eigenvalue weighted by Crippen LogP contribution is -2.58. The van der Waals surface area contributed by atoms with E-state index >= 15 is 0 Å². The lowest BCUT2D eigenvalue weighted by Gasteiger charge is -2.44. The number of aryl methyl sites for hydroxylation is 1. The zero-order valence-electron chi connectivity index (χ0n) is 12.9. The van der Waals surface area contributed by atoms with E-state index < -0.39 is 0 Å². The van der Waals surface area contributed by atoms with Crippen LogP contribution in [0.5, 0.6) is 0 Å². The van der Waals surface area contributed by atoms with E-state index in [1.807, 2.05) is 6.92 Å². The first-order chi connectivity index (χ1) is 9.02. The maximum atomic E-state index is 5.83. The second-order valence-corrected chi connectivity index (χ2v) is 6.15. The fraction of sp³-hybridized carbons (Fsp3) is 0.750. The third-order valence-corrected chi connectivity index (χ3v) is 4.41. The Morgan fingerprint density at radius 3 is 2.63 bits per heavy atom. The van der Waals surface area contributed by atoms with Crippen molar-refractivity contribution in [2.45, 2.75) is 59.2 Å². The van der Waals surface area contributed by atoms with Crippen molar-refractivity contribution >= 4 is 0 Å². The summed E-state index contributed by atoms with van der Waals surface area (Å²) in [5.74, 6) is 2.76. The number of nitrogens with one attached hydrogen (secondary N) is 1. The third-order valence-electron chi connectivity index (χ3n) is 4.41. The van der Waals surface area contributed by atoms with Gasteiger partial charge in [-0.25, -0.2) is 0 Å². The molecule has 3 unspecified atom stereocenters. The molecule has 0 amide bonds. The van der Waals surface area contributed by atoms with Gasteiger partial charge in [-0.2, -0.15) is 0 Å². The molecule has 3 nitrogen and oxygen atoms in total. The first kappa shape index (κ1) is 14.6. The highest BCUT2D eigenvalue weighted by Crippen LogP contribution is 2.29. The fourth-order valence-corrected chi connectivity index (χ4v) is 3.04. The lowest BCUT2D eigenvalue weighted by molar-refractivity contribution is 0.0521.